The van der Waals surface area contributed by atoms with Crippen LogP contribution in [0.1, 0.15) is 13.3 Å². The van der Waals surface area contributed by atoms with Crippen LogP contribution in [0.15, 0.2) is 11.5 Å². The number of ether oxygens (including phenoxy) is 1. The summed E-state index contributed by atoms with van der Waals surface area (Å²) in [7, 11) is 0. The van der Waals surface area contributed by atoms with Gasteiger partial charge in [0.1, 0.15) is 0 Å². The number of nitrogens with one attached hydrogen (secondary N) is 1. The van der Waals surface area contributed by atoms with Crippen LogP contribution >= 0.6 is 0 Å². The Kier molecular flexibility index (Phi) is 2.73. The van der Waals surface area contributed by atoms with Crippen LogP contribution in [0.5, 0.6) is 0 Å². The predicted molar refractivity (Wildman–Crippen MR) is 44.7 cm³/mol. The largest absolute Gasteiger partial charge is 0.489 e. The van der Waals surface area contributed by atoms with Crippen molar-refractivity contribution in [3.8, 4) is 0 Å². The Bertz CT molecular complexity index is 283. The Hall–Kier alpha value is -1.20. The molecule has 6 heteroatoms. The first kappa shape index (κ1) is 10.9. The van der Waals surface area contributed by atoms with Gasteiger partial charge in [0.25, 0.3) is 0 Å². The Morgan fingerprint density at radius 1 is 1.57 bits per heavy atom. The molecule has 0 radical (unpaired) electrons. The molecule has 0 aromatic rings. The zero-order chi connectivity index (χ0) is 10.9. The van der Waals surface area contributed by atoms with Crippen LogP contribution < -0.4 is 5.73 Å². The van der Waals surface area contributed by atoms with Crippen molar-refractivity contribution >= 4 is 5.71 Å². The average Bonchev–Trinajstić information content (AvgIpc) is 2.01. The van der Waals surface area contributed by atoms with E-state index in [9.17, 15) is 13.2 Å². The molecular formula is C8H11F3N2O. The normalized spacial score (nSPS) is 23.3. The van der Waals surface area contributed by atoms with E-state index >= 15 is 0 Å². The van der Waals surface area contributed by atoms with Crippen molar-refractivity contribution in [1.29, 1.82) is 5.41 Å². The first-order valence-electron chi connectivity index (χ1n) is 4.10. The SMILES string of the molecule is CC1COC(C(=N)C(F)(F)F)=C(N)C1. The van der Waals surface area contributed by atoms with Crippen LogP contribution in [0.25, 0.3) is 0 Å². The average molecular weight is 208 g/mol. The highest BCUT2D eigenvalue weighted by atomic mass is 19.4. The molecule has 1 atom stereocenters. The summed E-state index contributed by atoms with van der Waals surface area (Å²) in [6.07, 6.45) is -4.35. The number of nitrogens with two attached hydrogens (primary N) is 1. The van der Waals surface area contributed by atoms with Crippen LogP contribution in [0.4, 0.5) is 13.2 Å². The minimum atomic E-state index is -4.69. The number of halogens is 3. The Balaban J connectivity index is 2.88. The van der Waals surface area contributed by atoms with Crippen molar-refractivity contribution in [3.63, 3.8) is 0 Å². The molecule has 3 N–H and O–H groups in total. The molecule has 0 saturated carbocycles. The highest BCUT2D eigenvalue weighted by Gasteiger charge is 2.40. The van der Waals surface area contributed by atoms with Crippen LogP contribution in [0, 0.1) is 11.3 Å². The van der Waals surface area contributed by atoms with Crippen molar-refractivity contribution in [3.05, 3.63) is 11.5 Å². The van der Waals surface area contributed by atoms with Gasteiger partial charge in [0.05, 0.1) is 12.3 Å². The second-order valence-corrected chi connectivity index (χ2v) is 3.35. The van der Waals surface area contributed by atoms with E-state index in [0.29, 0.717) is 6.42 Å². The number of allylic oxidation sites excluding steroid dienone is 2. The molecule has 14 heavy (non-hydrogen) atoms. The monoisotopic (exact) mass is 208 g/mol. The van der Waals surface area contributed by atoms with E-state index in [1.807, 2.05) is 6.92 Å². The molecule has 0 aromatic carbocycles. The molecule has 0 spiro atoms. The number of hydrogen-bond acceptors (Lipinski definition) is 3. The minimum Gasteiger partial charge on any atom is -0.489 e. The third kappa shape index (κ3) is 2.18. The van der Waals surface area contributed by atoms with Gasteiger partial charge in [-0.1, -0.05) is 6.92 Å². The van der Waals surface area contributed by atoms with Gasteiger partial charge >= 0.3 is 6.18 Å². The standard InChI is InChI=1S/C8H11F3N2O/c1-4-2-5(12)6(14-3-4)7(13)8(9,10)11/h4,13H,2-3,12H2,1H3. The summed E-state index contributed by atoms with van der Waals surface area (Å²) in [5.74, 6) is -0.421. The summed E-state index contributed by atoms with van der Waals surface area (Å²) < 4.78 is 41.1. The summed E-state index contributed by atoms with van der Waals surface area (Å²) >= 11 is 0. The lowest BCUT2D eigenvalue weighted by Crippen LogP contribution is -2.31. The van der Waals surface area contributed by atoms with Gasteiger partial charge in [-0.3, -0.25) is 5.41 Å². The van der Waals surface area contributed by atoms with E-state index in [1.165, 1.54) is 0 Å². The number of hydrogen-bond donors (Lipinski definition) is 2. The minimum absolute atomic E-state index is 0.00563. The van der Waals surface area contributed by atoms with Gasteiger partial charge in [0.2, 0.25) is 0 Å². The molecule has 1 aliphatic heterocycles. The van der Waals surface area contributed by atoms with Crippen LogP contribution in [0.3, 0.4) is 0 Å². The number of rotatable bonds is 1. The highest BCUT2D eigenvalue weighted by Crippen LogP contribution is 2.27. The van der Waals surface area contributed by atoms with E-state index in [1.54, 1.807) is 0 Å². The Morgan fingerprint density at radius 3 is 2.57 bits per heavy atom. The van der Waals surface area contributed by atoms with Crippen LogP contribution in [0.2, 0.25) is 0 Å². The topological polar surface area (TPSA) is 59.1 Å². The molecule has 0 aliphatic carbocycles. The molecule has 1 heterocycles. The molecule has 3 nitrogen and oxygen atoms in total. The second kappa shape index (κ2) is 3.51. The van der Waals surface area contributed by atoms with Gasteiger partial charge < -0.3 is 10.5 Å². The third-order valence-electron chi connectivity index (χ3n) is 1.88. The Morgan fingerprint density at radius 2 is 2.14 bits per heavy atom. The van der Waals surface area contributed by atoms with Crippen molar-refractivity contribution in [2.75, 3.05) is 6.61 Å². The molecule has 0 bridgehead atoms. The molecule has 1 rings (SSSR count). The molecule has 0 amide bonds. The van der Waals surface area contributed by atoms with E-state index in [4.69, 9.17) is 15.9 Å². The van der Waals surface area contributed by atoms with Crippen molar-refractivity contribution in [2.45, 2.75) is 19.5 Å². The maximum atomic E-state index is 12.1. The van der Waals surface area contributed by atoms with Crippen LogP contribution in [-0.4, -0.2) is 18.5 Å². The van der Waals surface area contributed by atoms with Crippen molar-refractivity contribution in [1.82, 2.24) is 0 Å². The van der Waals surface area contributed by atoms with Gasteiger partial charge in [-0.25, -0.2) is 0 Å². The van der Waals surface area contributed by atoms with Gasteiger partial charge in [0.15, 0.2) is 11.5 Å². The van der Waals surface area contributed by atoms with E-state index < -0.39 is 17.6 Å². The lowest BCUT2D eigenvalue weighted by molar-refractivity contribution is -0.0622. The highest BCUT2D eigenvalue weighted by molar-refractivity contribution is 6.00. The van der Waals surface area contributed by atoms with Gasteiger partial charge in [-0.2, -0.15) is 13.2 Å². The smallest absolute Gasteiger partial charge is 0.436 e. The first-order chi connectivity index (χ1) is 6.32. The molecule has 0 fully saturated rings. The quantitative estimate of drug-likeness (QED) is 0.645. The summed E-state index contributed by atoms with van der Waals surface area (Å²) in [4.78, 5) is 0. The molecule has 1 unspecified atom stereocenters. The second-order valence-electron chi connectivity index (χ2n) is 3.35. The van der Waals surface area contributed by atoms with Gasteiger partial charge in [0, 0.05) is 0 Å². The molecule has 0 aromatic heterocycles. The maximum Gasteiger partial charge on any atom is 0.436 e. The zero-order valence-electron chi connectivity index (χ0n) is 7.61. The first-order valence-corrected chi connectivity index (χ1v) is 4.10. The molecule has 80 valence electrons. The van der Waals surface area contributed by atoms with Crippen molar-refractivity contribution in [2.24, 2.45) is 11.7 Å². The van der Waals surface area contributed by atoms with Gasteiger partial charge in [-0.05, 0) is 12.3 Å². The van der Waals surface area contributed by atoms with Crippen molar-refractivity contribution < 1.29 is 17.9 Å². The fraction of sp³-hybridized carbons (Fsp3) is 0.625. The maximum absolute atomic E-state index is 12.1. The third-order valence-corrected chi connectivity index (χ3v) is 1.88. The fourth-order valence-corrected chi connectivity index (χ4v) is 1.21. The summed E-state index contributed by atoms with van der Waals surface area (Å²) in [5, 5.41) is 6.84. The fourth-order valence-electron chi connectivity index (χ4n) is 1.21. The predicted octanol–water partition coefficient (Wildman–Crippen LogP) is 1.80. The summed E-state index contributed by atoms with van der Waals surface area (Å²) in [6, 6.07) is 0. The zero-order valence-corrected chi connectivity index (χ0v) is 7.61. The molecular weight excluding hydrogens is 197 g/mol. The van der Waals surface area contributed by atoms with Gasteiger partial charge in [-0.15, -0.1) is 0 Å². The lowest BCUT2D eigenvalue weighted by atomic mass is 10.0. The van der Waals surface area contributed by atoms with E-state index in [2.05, 4.69) is 0 Å². The van der Waals surface area contributed by atoms with E-state index in [-0.39, 0.29) is 18.2 Å². The molecule has 1 aliphatic rings. The Labute approximate surface area is 79.2 Å². The van der Waals surface area contributed by atoms with Crippen LogP contribution in [-0.2, 0) is 4.74 Å². The summed E-state index contributed by atoms with van der Waals surface area (Å²) in [6.45, 7) is 2.00. The number of alkyl halides is 3. The summed E-state index contributed by atoms with van der Waals surface area (Å²) in [5.41, 5.74) is 3.89. The lowest BCUT2D eigenvalue weighted by Gasteiger charge is -2.24. The van der Waals surface area contributed by atoms with E-state index in [0.717, 1.165) is 0 Å². The molecule has 0 saturated heterocycles.